The zero-order valence-electron chi connectivity index (χ0n) is 22.9. The van der Waals surface area contributed by atoms with Gasteiger partial charge in [0.05, 0.1) is 25.0 Å². The molecule has 0 aromatic rings. The number of aliphatic hydroxyl groups is 3. The molecular formula is C28H50O9. The predicted octanol–water partition coefficient (Wildman–Crippen LogP) is 4.25. The molecule has 1 saturated heterocycles. The van der Waals surface area contributed by atoms with E-state index in [4.69, 9.17) is 14.2 Å². The van der Waals surface area contributed by atoms with Gasteiger partial charge in [-0.05, 0) is 45.4 Å². The van der Waals surface area contributed by atoms with E-state index in [9.17, 15) is 30.0 Å². The van der Waals surface area contributed by atoms with E-state index in [1.165, 1.54) is 0 Å². The molecule has 1 aliphatic heterocycles. The second-order valence-corrected chi connectivity index (χ2v) is 10.1. The fourth-order valence-electron chi connectivity index (χ4n) is 4.35. The quantitative estimate of drug-likeness (QED) is 0.103. The summed E-state index contributed by atoms with van der Waals surface area (Å²) >= 11 is 0. The van der Waals surface area contributed by atoms with Crippen molar-refractivity contribution in [3.63, 3.8) is 0 Å². The number of aliphatic hydroxyl groups excluding tert-OH is 3. The molecule has 2 unspecified atom stereocenters. The van der Waals surface area contributed by atoms with E-state index in [-0.39, 0.29) is 12.8 Å². The second kappa shape index (κ2) is 19.5. The van der Waals surface area contributed by atoms with Gasteiger partial charge in [-0.1, -0.05) is 64.5 Å². The number of ether oxygens (including phenoxy) is 3. The fourth-order valence-corrected chi connectivity index (χ4v) is 4.35. The van der Waals surface area contributed by atoms with Crippen molar-refractivity contribution in [2.24, 2.45) is 0 Å². The van der Waals surface area contributed by atoms with Gasteiger partial charge in [0.25, 0.3) is 0 Å². The van der Waals surface area contributed by atoms with E-state index < -0.39 is 54.9 Å². The third-order valence-electron chi connectivity index (χ3n) is 6.65. The fraction of sp³-hybridized carbons (Fsp3) is 0.857. The summed E-state index contributed by atoms with van der Waals surface area (Å²) in [5.41, 5.74) is 0. The van der Waals surface area contributed by atoms with E-state index in [1.54, 1.807) is 6.92 Å². The molecule has 4 N–H and O–H groups in total. The van der Waals surface area contributed by atoms with Crippen LogP contribution in [-0.4, -0.2) is 75.3 Å². The van der Waals surface area contributed by atoms with Gasteiger partial charge in [0.15, 0.2) is 6.29 Å². The number of carboxylic acid groups (broad SMARTS) is 1. The SMILES string of the molecule is CCCC/C=C\CCCC(CC(=O)OC(CCCCCCC)CC(=O)O)O[C@@H]1O[C@@H](C)[C@H](O)[C@@H](O)[C@H]1O. The summed E-state index contributed by atoms with van der Waals surface area (Å²) < 4.78 is 17.0. The van der Waals surface area contributed by atoms with Gasteiger partial charge in [-0.3, -0.25) is 9.59 Å². The Balaban J connectivity index is 2.74. The van der Waals surface area contributed by atoms with Crippen LogP contribution in [0.3, 0.4) is 0 Å². The number of allylic oxidation sites excluding steroid dienone is 2. The smallest absolute Gasteiger partial charge is 0.308 e. The number of aliphatic carboxylic acids is 1. The van der Waals surface area contributed by atoms with E-state index in [0.717, 1.165) is 64.2 Å². The highest BCUT2D eigenvalue weighted by molar-refractivity contribution is 5.72. The van der Waals surface area contributed by atoms with Crippen molar-refractivity contribution in [1.29, 1.82) is 0 Å². The molecule has 37 heavy (non-hydrogen) atoms. The van der Waals surface area contributed by atoms with E-state index in [1.807, 2.05) is 0 Å². The minimum absolute atomic E-state index is 0.134. The predicted molar refractivity (Wildman–Crippen MR) is 140 cm³/mol. The maximum Gasteiger partial charge on any atom is 0.308 e. The maximum absolute atomic E-state index is 12.8. The molecule has 0 aromatic carbocycles. The maximum atomic E-state index is 12.8. The first-order valence-corrected chi connectivity index (χ1v) is 14.1. The average Bonchev–Trinajstić information content (AvgIpc) is 2.84. The zero-order valence-corrected chi connectivity index (χ0v) is 22.9. The number of unbranched alkanes of at least 4 members (excludes halogenated alkanes) is 7. The average molecular weight is 531 g/mol. The number of carbonyl (C=O) groups is 2. The van der Waals surface area contributed by atoms with Gasteiger partial charge in [-0.2, -0.15) is 0 Å². The van der Waals surface area contributed by atoms with Crippen LogP contribution in [0.1, 0.15) is 111 Å². The molecule has 0 aromatic heterocycles. The number of hydrogen-bond acceptors (Lipinski definition) is 8. The molecule has 0 amide bonds. The van der Waals surface area contributed by atoms with Crippen LogP contribution in [0.25, 0.3) is 0 Å². The molecular weight excluding hydrogens is 480 g/mol. The molecule has 1 heterocycles. The zero-order chi connectivity index (χ0) is 27.6. The topological polar surface area (TPSA) is 143 Å². The molecule has 0 radical (unpaired) electrons. The van der Waals surface area contributed by atoms with Crippen molar-refractivity contribution in [3.05, 3.63) is 12.2 Å². The Kier molecular flexibility index (Phi) is 17.7. The van der Waals surface area contributed by atoms with Crippen LogP contribution < -0.4 is 0 Å². The van der Waals surface area contributed by atoms with Gasteiger partial charge in [0, 0.05) is 0 Å². The molecule has 1 aliphatic rings. The van der Waals surface area contributed by atoms with Crippen molar-refractivity contribution < 1.29 is 44.2 Å². The van der Waals surface area contributed by atoms with Crippen LogP contribution in [-0.2, 0) is 23.8 Å². The largest absolute Gasteiger partial charge is 0.481 e. The van der Waals surface area contributed by atoms with Gasteiger partial charge < -0.3 is 34.6 Å². The lowest BCUT2D eigenvalue weighted by Crippen LogP contribution is -2.58. The first-order chi connectivity index (χ1) is 17.7. The van der Waals surface area contributed by atoms with Crippen molar-refractivity contribution in [1.82, 2.24) is 0 Å². The first kappa shape index (κ1) is 33.5. The van der Waals surface area contributed by atoms with Gasteiger partial charge in [-0.15, -0.1) is 0 Å². The van der Waals surface area contributed by atoms with Crippen molar-refractivity contribution >= 4 is 11.9 Å². The normalized spacial score (nSPS) is 25.7. The summed E-state index contributed by atoms with van der Waals surface area (Å²) in [6.07, 6.45) is 7.17. The lowest BCUT2D eigenvalue weighted by molar-refractivity contribution is -0.304. The lowest BCUT2D eigenvalue weighted by Gasteiger charge is -2.40. The molecule has 0 saturated carbocycles. The summed E-state index contributed by atoms with van der Waals surface area (Å²) in [4.78, 5) is 24.1. The Morgan fingerprint density at radius 3 is 2.08 bits per heavy atom. The van der Waals surface area contributed by atoms with Crippen LogP contribution in [0.5, 0.6) is 0 Å². The molecule has 9 nitrogen and oxygen atoms in total. The third kappa shape index (κ3) is 14.3. The van der Waals surface area contributed by atoms with Crippen LogP contribution in [0.15, 0.2) is 12.2 Å². The molecule has 1 rings (SSSR count). The number of carboxylic acids is 1. The standard InChI is InChI=1S/C28H50O9/c1-4-6-8-10-11-13-15-17-22(37-28-27(34)26(33)25(32)20(3)35-28)19-24(31)36-21(18-23(29)30)16-14-12-9-7-5-2/h10-11,20-22,25-28,32-34H,4-9,12-19H2,1-3H3,(H,29,30)/b11-10-/t20-,21?,22?,25-,26+,27+,28-/m0/s1. The number of rotatable bonds is 20. The third-order valence-corrected chi connectivity index (χ3v) is 6.65. The molecule has 0 spiro atoms. The van der Waals surface area contributed by atoms with Crippen molar-refractivity contribution in [3.8, 4) is 0 Å². The highest BCUT2D eigenvalue weighted by Gasteiger charge is 2.43. The van der Waals surface area contributed by atoms with Gasteiger partial charge >= 0.3 is 11.9 Å². The van der Waals surface area contributed by atoms with Gasteiger partial charge in [-0.25, -0.2) is 0 Å². The van der Waals surface area contributed by atoms with Crippen molar-refractivity contribution in [2.75, 3.05) is 0 Å². The monoisotopic (exact) mass is 530 g/mol. The minimum atomic E-state index is -1.47. The molecule has 216 valence electrons. The second-order valence-electron chi connectivity index (χ2n) is 10.1. The number of esters is 1. The van der Waals surface area contributed by atoms with Crippen LogP contribution in [0.2, 0.25) is 0 Å². The summed E-state index contributed by atoms with van der Waals surface area (Å²) in [5, 5.41) is 39.7. The van der Waals surface area contributed by atoms with E-state index in [0.29, 0.717) is 12.8 Å². The summed E-state index contributed by atoms with van der Waals surface area (Å²) in [6.45, 7) is 5.83. The molecule has 0 bridgehead atoms. The number of carbonyl (C=O) groups excluding carboxylic acids is 1. The summed E-state index contributed by atoms with van der Waals surface area (Å²) in [7, 11) is 0. The Morgan fingerprint density at radius 2 is 1.43 bits per heavy atom. The first-order valence-electron chi connectivity index (χ1n) is 14.1. The lowest BCUT2D eigenvalue weighted by atomic mass is 10.00. The van der Waals surface area contributed by atoms with Crippen LogP contribution >= 0.6 is 0 Å². The van der Waals surface area contributed by atoms with Gasteiger partial charge in [0.2, 0.25) is 0 Å². The summed E-state index contributed by atoms with van der Waals surface area (Å²) in [6, 6.07) is 0. The van der Waals surface area contributed by atoms with Crippen LogP contribution in [0, 0.1) is 0 Å². The Hall–Kier alpha value is -1.52. The molecule has 0 aliphatic carbocycles. The highest BCUT2D eigenvalue weighted by Crippen LogP contribution is 2.25. The van der Waals surface area contributed by atoms with Gasteiger partial charge in [0.1, 0.15) is 24.4 Å². The molecule has 7 atom stereocenters. The van der Waals surface area contributed by atoms with Crippen LogP contribution in [0.4, 0.5) is 0 Å². The Morgan fingerprint density at radius 1 is 0.811 bits per heavy atom. The van der Waals surface area contributed by atoms with Crippen molar-refractivity contribution in [2.45, 2.75) is 154 Å². The van der Waals surface area contributed by atoms with E-state index >= 15 is 0 Å². The number of hydrogen-bond donors (Lipinski definition) is 4. The molecule has 1 fully saturated rings. The van der Waals surface area contributed by atoms with E-state index in [2.05, 4.69) is 26.0 Å². The minimum Gasteiger partial charge on any atom is -0.481 e. The summed E-state index contributed by atoms with van der Waals surface area (Å²) in [5.74, 6) is -1.59. The molecule has 9 heteroatoms. The highest BCUT2D eigenvalue weighted by atomic mass is 16.7. The Bertz CT molecular complexity index is 654. The Labute approximate surface area is 222 Å².